The molecule has 1 aliphatic heterocycles. The van der Waals surface area contributed by atoms with E-state index in [1.54, 1.807) is 12.3 Å². The Bertz CT molecular complexity index is 1100. The smallest absolute Gasteiger partial charge is 0.259 e. The van der Waals surface area contributed by atoms with Gasteiger partial charge in [0.05, 0.1) is 30.9 Å². The highest BCUT2D eigenvalue weighted by atomic mass is 35.5. The molecule has 0 atom stereocenters. The second kappa shape index (κ2) is 9.54. The minimum Gasteiger partial charge on any atom is -0.474 e. The van der Waals surface area contributed by atoms with Gasteiger partial charge in [-0.3, -0.25) is 4.90 Å². The minimum absolute atomic E-state index is 0.0296. The average Bonchev–Trinajstić information content (AvgIpc) is 3.26. The number of fused-ring (bicyclic) bond motifs is 1. The number of rotatable bonds is 7. The molecule has 0 saturated heterocycles. The summed E-state index contributed by atoms with van der Waals surface area (Å²) in [5, 5.41) is 23.5. The number of hydrogen-bond donors (Lipinski definition) is 2. The Kier molecular flexibility index (Phi) is 6.76. The van der Waals surface area contributed by atoms with Crippen LogP contribution in [-0.4, -0.2) is 62.1 Å². The van der Waals surface area contributed by atoms with Gasteiger partial charge in [0.25, 0.3) is 5.89 Å². The first-order valence-corrected chi connectivity index (χ1v) is 11.0. The molecule has 1 aliphatic rings. The second-order valence-corrected chi connectivity index (χ2v) is 8.62. The van der Waals surface area contributed by atoms with Gasteiger partial charge in [-0.05, 0) is 49.9 Å². The molecule has 0 fully saturated rings. The summed E-state index contributed by atoms with van der Waals surface area (Å²) < 4.78 is 11.1. The molecule has 2 aromatic heterocycles. The molecular weight excluding hydrogens is 432 g/mol. The molecule has 170 valence electrons. The molecule has 4 rings (SSSR count). The summed E-state index contributed by atoms with van der Waals surface area (Å²) in [6, 6.07) is 5.52. The SMILES string of the molecule is Cc1c(-c2noc(-c3cnc(OC(C)C)c(Cl)c3)n2)ccc2c1CCN(C(CO)CO)C2. The molecule has 0 saturated carbocycles. The fourth-order valence-corrected chi connectivity index (χ4v) is 4.22. The summed E-state index contributed by atoms with van der Waals surface area (Å²) in [5.74, 6) is 1.21. The summed E-state index contributed by atoms with van der Waals surface area (Å²) in [5.41, 5.74) is 5.07. The molecule has 0 spiro atoms. The summed E-state index contributed by atoms with van der Waals surface area (Å²) in [7, 11) is 0. The quantitative estimate of drug-likeness (QED) is 0.556. The van der Waals surface area contributed by atoms with Crippen LogP contribution in [0.25, 0.3) is 22.8 Å². The first-order valence-electron chi connectivity index (χ1n) is 10.6. The fourth-order valence-electron chi connectivity index (χ4n) is 4.01. The highest BCUT2D eigenvalue weighted by molar-refractivity contribution is 6.32. The number of hydrogen-bond acceptors (Lipinski definition) is 8. The number of benzene rings is 1. The number of ether oxygens (including phenoxy) is 1. The van der Waals surface area contributed by atoms with Crippen molar-refractivity contribution in [2.24, 2.45) is 0 Å². The van der Waals surface area contributed by atoms with Gasteiger partial charge < -0.3 is 19.5 Å². The van der Waals surface area contributed by atoms with Crippen molar-refractivity contribution >= 4 is 11.6 Å². The van der Waals surface area contributed by atoms with E-state index in [-0.39, 0.29) is 25.4 Å². The molecule has 0 radical (unpaired) electrons. The Hall–Kier alpha value is -2.52. The standard InChI is InChI=1S/C23H27ClN4O4/c1-13(2)31-23-20(24)8-16(9-25-23)22-26-21(27-32-22)19-5-4-15-10-28(17(11-29)12-30)7-6-18(15)14(19)3/h4-5,8-9,13,17,29-30H,6-7,10-12H2,1-3H3. The molecule has 0 bridgehead atoms. The molecule has 1 aromatic carbocycles. The van der Waals surface area contributed by atoms with Gasteiger partial charge in [0, 0.05) is 24.8 Å². The Morgan fingerprint density at radius 3 is 2.72 bits per heavy atom. The van der Waals surface area contributed by atoms with Crippen molar-refractivity contribution < 1.29 is 19.5 Å². The lowest BCUT2D eigenvalue weighted by Gasteiger charge is -2.34. The molecule has 3 heterocycles. The van der Waals surface area contributed by atoms with Gasteiger partial charge in [0.1, 0.15) is 5.02 Å². The molecule has 2 N–H and O–H groups in total. The zero-order chi connectivity index (χ0) is 22.8. The van der Waals surface area contributed by atoms with Crippen LogP contribution < -0.4 is 4.74 Å². The van der Waals surface area contributed by atoms with Crippen molar-refractivity contribution in [3.63, 3.8) is 0 Å². The van der Waals surface area contributed by atoms with Gasteiger partial charge in [-0.15, -0.1) is 0 Å². The second-order valence-electron chi connectivity index (χ2n) is 8.22. The Morgan fingerprint density at radius 2 is 2.03 bits per heavy atom. The summed E-state index contributed by atoms with van der Waals surface area (Å²) in [6.45, 7) is 7.23. The zero-order valence-electron chi connectivity index (χ0n) is 18.4. The van der Waals surface area contributed by atoms with Gasteiger partial charge in [0.15, 0.2) is 0 Å². The first-order chi connectivity index (χ1) is 15.4. The lowest BCUT2D eigenvalue weighted by atomic mass is 9.91. The van der Waals surface area contributed by atoms with E-state index in [1.807, 2.05) is 19.9 Å². The number of pyridine rings is 1. The predicted octanol–water partition coefficient (Wildman–Crippen LogP) is 3.26. The Balaban J connectivity index is 1.58. The third kappa shape index (κ3) is 4.49. The van der Waals surface area contributed by atoms with Crippen LogP contribution in [0.4, 0.5) is 0 Å². The predicted molar refractivity (Wildman–Crippen MR) is 121 cm³/mol. The van der Waals surface area contributed by atoms with Crippen LogP contribution in [0.15, 0.2) is 28.9 Å². The topological polar surface area (TPSA) is 105 Å². The van der Waals surface area contributed by atoms with E-state index in [9.17, 15) is 10.2 Å². The molecule has 0 amide bonds. The van der Waals surface area contributed by atoms with E-state index in [0.29, 0.717) is 34.7 Å². The number of aromatic nitrogens is 3. The lowest BCUT2D eigenvalue weighted by Crippen LogP contribution is -2.43. The summed E-state index contributed by atoms with van der Waals surface area (Å²) >= 11 is 6.29. The third-order valence-corrected chi connectivity index (χ3v) is 6.00. The highest BCUT2D eigenvalue weighted by Gasteiger charge is 2.25. The zero-order valence-corrected chi connectivity index (χ0v) is 19.1. The number of aliphatic hydroxyl groups excluding tert-OH is 2. The van der Waals surface area contributed by atoms with Crippen molar-refractivity contribution in [2.45, 2.75) is 45.9 Å². The van der Waals surface area contributed by atoms with E-state index in [0.717, 1.165) is 24.1 Å². The van der Waals surface area contributed by atoms with Crippen molar-refractivity contribution in [3.8, 4) is 28.7 Å². The van der Waals surface area contributed by atoms with Crippen molar-refractivity contribution in [1.82, 2.24) is 20.0 Å². The Morgan fingerprint density at radius 1 is 1.25 bits per heavy atom. The van der Waals surface area contributed by atoms with Crippen molar-refractivity contribution in [3.05, 3.63) is 46.1 Å². The van der Waals surface area contributed by atoms with Crippen molar-refractivity contribution in [1.29, 1.82) is 0 Å². The molecule has 8 nitrogen and oxygen atoms in total. The van der Waals surface area contributed by atoms with Gasteiger partial charge in [-0.2, -0.15) is 4.98 Å². The normalized spacial score (nSPS) is 14.2. The average molecular weight is 459 g/mol. The van der Waals surface area contributed by atoms with E-state index in [1.165, 1.54) is 11.1 Å². The lowest BCUT2D eigenvalue weighted by molar-refractivity contribution is 0.0650. The molecule has 32 heavy (non-hydrogen) atoms. The molecule has 9 heteroatoms. The number of aliphatic hydroxyl groups is 2. The summed E-state index contributed by atoms with van der Waals surface area (Å²) in [4.78, 5) is 10.9. The van der Waals surface area contributed by atoms with Crippen LogP contribution in [0.3, 0.4) is 0 Å². The maximum absolute atomic E-state index is 9.49. The maximum atomic E-state index is 9.49. The summed E-state index contributed by atoms with van der Waals surface area (Å²) in [6.07, 6.45) is 2.40. The molecular formula is C23H27ClN4O4. The minimum atomic E-state index is -0.236. The van der Waals surface area contributed by atoms with E-state index < -0.39 is 0 Å². The molecule has 0 unspecified atom stereocenters. The van der Waals surface area contributed by atoms with Crippen LogP contribution in [0.5, 0.6) is 5.88 Å². The van der Waals surface area contributed by atoms with E-state index in [4.69, 9.17) is 20.9 Å². The van der Waals surface area contributed by atoms with Gasteiger partial charge in [-0.25, -0.2) is 4.98 Å². The van der Waals surface area contributed by atoms with Crippen LogP contribution in [0, 0.1) is 6.92 Å². The van der Waals surface area contributed by atoms with Gasteiger partial charge in [0.2, 0.25) is 11.7 Å². The van der Waals surface area contributed by atoms with Crippen LogP contribution >= 0.6 is 11.6 Å². The monoisotopic (exact) mass is 458 g/mol. The number of nitrogens with zero attached hydrogens (tertiary/aromatic N) is 4. The van der Waals surface area contributed by atoms with Gasteiger partial charge >= 0.3 is 0 Å². The van der Waals surface area contributed by atoms with Crippen LogP contribution in [0.2, 0.25) is 5.02 Å². The van der Waals surface area contributed by atoms with Gasteiger partial charge in [-0.1, -0.05) is 28.9 Å². The molecule has 3 aromatic rings. The third-order valence-electron chi connectivity index (χ3n) is 5.72. The van der Waals surface area contributed by atoms with Crippen LogP contribution in [-0.2, 0) is 13.0 Å². The highest BCUT2D eigenvalue weighted by Crippen LogP contribution is 2.33. The van der Waals surface area contributed by atoms with Crippen LogP contribution in [0.1, 0.15) is 30.5 Å². The van der Waals surface area contributed by atoms with Crippen molar-refractivity contribution in [2.75, 3.05) is 19.8 Å². The van der Waals surface area contributed by atoms with E-state index >= 15 is 0 Å². The molecule has 0 aliphatic carbocycles. The maximum Gasteiger partial charge on any atom is 0.259 e. The fraction of sp³-hybridized carbons (Fsp3) is 0.435. The Labute approximate surface area is 191 Å². The number of halogens is 1. The largest absolute Gasteiger partial charge is 0.474 e. The van der Waals surface area contributed by atoms with E-state index in [2.05, 4.69) is 33.0 Å². The first kappa shape index (κ1) is 22.7.